The molecule has 1 heterocycles. The van der Waals surface area contributed by atoms with Gasteiger partial charge >= 0.3 is 0 Å². The van der Waals surface area contributed by atoms with Gasteiger partial charge in [-0.15, -0.1) is 0 Å². The molecule has 0 radical (unpaired) electrons. The third kappa shape index (κ3) is 2.10. The van der Waals surface area contributed by atoms with E-state index in [2.05, 4.69) is 49.5 Å². The highest BCUT2D eigenvalue weighted by Gasteiger charge is 2.27. The number of hydrogen-bond acceptors (Lipinski definition) is 2. The van der Waals surface area contributed by atoms with Gasteiger partial charge in [0.25, 0.3) is 0 Å². The maximum absolute atomic E-state index is 9.05. The van der Waals surface area contributed by atoms with Crippen LogP contribution in [0.4, 0.5) is 0 Å². The molecule has 1 N–H and O–H groups in total. The summed E-state index contributed by atoms with van der Waals surface area (Å²) in [5, 5.41) is 12.3. The molecule has 1 aliphatic heterocycles. The topological polar surface area (TPSA) is 35.8 Å². The van der Waals surface area contributed by atoms with Crippen molar-refractivity contribution in [3.63, 3.8) is 0 Å². The van der Waals surface area contributed by atoms with E-state index < -0.39 is 0 Å². The Hall–Kier alpha value is -1.33. The highest BCUT2D eigenvalue weighted by atomic mass is 14.9. The molecule has 0 aliphatic carbocycles. The second kappa shape index (κ2) is 4.67. The molecule has 2 heteroatoms. The Balaban J connectivity index is 2.19. The van der Waals surface area contributed by atoms with Crippen LogP contribution in [0.5, 0.6) is 0 Å². The minimum atomic E-state index is 0.130. The molecule has 16 heavy (non-hydrogen) atoms. The first-order chi connectivity index (χ1) is 7.72. The van der Waals surface area contributed by atoms with Crippen LogP contribution in [0, 0.1) is 17.2 Å². The molecule has 2 unspecified atom stereocenters. The average molecular weight is 214 g/mol. The molecule has 1 fully saturated rings. The molecule has 84 valence electrons. The van der Waals surface area contributed by atoms with E-state index in [-0.39, 0.29) is 5.92 Å². The molecule has 1 saturated heterocycles. The molecular weight excluding hydrogens is 196 g/mol. The van der Waals surface area contributed by atoms with Crippen molar-refractivity contribution in [2.45, 2.75) is 25.7 Å². The van der Waals surface area contributed by atoms with Crippen LogP contribution in [-0.2, 0) is 0 Å². The van der Waals surface area contributed by atoms with Crippen molar-refractivity contribution in [2.24, 2.45) is 5.92 Å². The van der Waals surface area contributed by atoms with Crippen molar-refractivity contribution >= 4 is 0 Å². The predicted molar refractivity (Wildman–Crippen MR) is 65.2 cm³/mol. The van der Waals surface area contributed by atoms with Gasteiger partial charge in [-0.25, -0.2) is 0 Å². The summed E-state index contributed by atoms with van der Waals surface area (Å²) >= 11 is 0. The zero-order chi connectivity index (χ0) is 11.5. The molecular formula is C14H18N2. The molecule has 1 aromatic rings. The van der Waals surface area contributed by atoms with Crippen molar-refractivity contribution in [3.8, 4) is 6.07 Å². The third-order valence-corrected chi connectivity index (χ3v) is 3.41. The normalized spacial score (nSPS) is 24.6. The van der Waals surface area contributed by atoms with Crippen LogP contribution < -0.4 is 5.32 Å². The molecule has 0 saturated carbocycles. The van der Waals surface area contributed by atoms with Crippen molar-refractivity contribution < 1.29 is 0 Å². The largest absolute Gasteiger partial charge is 0.315 e. The lowest BCUT2D eigenvalue weighted by Crippen LogP contribution is -2.08. The second-order valence-corrected chi connectivity index (χ2v) is 4.82. The van der Waals surface area contributed by atoms with Gasteiger partial charge < -0.3 is 5.32 Å². The van der Waals surface area contributed by atoms with Gasteiger partial charge in [0.15, 0.2) is 0 Å². The first-order valence-electron chi connectivity index (χ1n) is 5.92. The van der Waals surface area contributed by atoms with E-state index in [1.165, 1.54) is 11.1 Å². The van der Waals surface area contributed by atoms with Crippen LogP contribution in [-0.4, -0.2) is 13.1 Å². The van der Waals surface area contributed by atoms with E-state index in [0.29, 0.717) is 11.8 Å². The fourth-order valence-corrected chi connectivity index (χ4v) is 2.29. The molecule has 1 aromatic carbocycles. The number of rotatable bonds is 2. The van der Waals surface area contributed by atoms with Crippen LogP contribution in [0.3, 0.4) is 0 Å². The van der Waals surface area contributed by atoms with Gasteiger partial charge in [-0.1, -0.05) is 38.1 Å². The van der Waals surface area contributed by atoms with Crippen molar-refractivity contribution in [3.05, 3.63) is 35.4 Å². The molecule has 2 atom stereocenters. The van der Waals surface area contributed by atoms with Gasteiger partial charge in [-0.05, 0) is 17.0 Å². The molecule has 2 nitrogen and oxygen atoms in total. The summed E-state index contributed by atoms with van der Waals surface area (Å²) in [6, 6.07) is 11.1. The van der Waals surface area contributed by atoms with E-state index in [0.717, 1.165) is 13.1 Å². The number of nitrogens with zero attached hydrogens (tertiary/aromatic N) is 1. The van der Waals surface area contributed by atoms with Gasteiger partial charge in [0, 0.05) is 19.0 Å². The maximum Gasteiger partial charge on any atom is 0.0676 e. The summed E-state index contributed by atoms with van der Waals surface area (Å²) in [6.45, 7) is 6.15. The zero-order valence-corrected chi connectivity index (χ0v) is 9.90. The number of nitrogens with one attached hydrogen (secondary N) is 1. The fraction of sp³-hybridized carbons (Fsp3) is 0.500. The maximum atomic E-state index is 9.05. The van der Waals surface area contributed by atoms with Crippen LogP contribution in [0.15, 0.2) is 24.3 Å². The molecule has 0 aromatic heterocycles. The fourth-order valence-electron chi connectivity index (χ4n) is 2.29. The minimum absolute atomic E-state index is 0.130. The van der Waals surface area contributed by atoms with E-state index >= 15 is 0 Å². The number of hydrogen-bond donors (Lipinski definition) is 1. The standard InChI is InChI=1S/C14H18N2/c1-10(2)11-3-5-12(6-4-11)14-9-16-8-13(14)7-15/h3-6,10,13-14,16H,8-9H2,1-2H3. The van der Waals surface area contributed by atoms with Gasteiger partial charge in [-0.3, -0.25) is 0 Å². The van der Waals surface area contributed by atoms with Gasteiger partial charge in [-0.2, -0.15) is 5.26 Å². The lowest BCUT2D eigenvalue weighted by molar-refractivity contribution is 0.646. The Kier molecular flexibility index (Phi) is 3.26. The van der Waals surface area contributed by atoms with Crippen LogP contribution in [0.25, 0.3) is 0 Å². The predicted octanol–water partition coefficient (Wildman–Crippen LogP) is 2.64. The van der Waals surface area contributed by atoms with Crippen LogP contribution >= 0.6 is 0 Å². The molecule has 0 bridgehead atoms. The smallest absolute Gasteiger partial charge is 0.0676 e. The monoisotopic (exact) mass is 214 g/mol. The quantitative estimate of drug-likeness (QED) is 0.821. The van der Waals surface area contributed by atoms with E-state index in [1.54, 1.807) is 0 Å². The molecule has 0 amide bonds. The van der Waals surface area contributed by atoms with Gasteiger partial charge in [0.1, 0.15) is 0 Å². The number of benzene rings is 1. The first kappa shape index (κ1) is 11.2. The molecule has 2 rings (SSSR count). The Bertz CT molecular complexity index is 386. The van der Waals surface area contributed by atoms with E-state index in [4.69, 9.17) is 5.26 Å². The van der Waals surface area contributed by atoms with Gasteiger partial charge in [0.2, 0.25) is 0 Å². The highest BCUT2D eigenvalue weighted by molar-refractivity contribution is 5.29. The Morgan fingerprint density at radius 2 is 1.94 bits per heavy atom. The van der Waals surface area contributed by atoms with Crippen molar-refractivity contribution in [2.75, 3.05) is 13.1 Å². The summed E-state index contributed by atoms with van der Waals surface area (Å²) in [4.78, 5) is 0. The van der Waals surface area contributed by atoms with Crippen molar-refractivity contribution in [1.82, 2.24) is 5.32 Å². The average Bonchev–Trinajstić information content (AvgIpc) is 2.77. The summed E-state index contributed by atoms with van der Waals surface area (Å²) in [5.41, 5.74) is 2.66. The Labute approximate surface area is 97.3 Å². The lowest BCUT2D eigenvalue weighted by Gasteiger charge is -2.14. The Morgan fingerprint density at radius 1 is 1.25 bits per heavy atom. The third-order valence-electron chi connectivity index (χ3n) is 3.41. The van der Waals surface area contributed by atoms with Gasteiger partial charge in [0.05, 0.1) is 12.0 Å². The van der Waals surface area contributed by atoms with E-state index in [9.17, 15) is 0 Å². The summed E-state index contributed by atoms with van der Waals surface area (Å²) in [5.74, 6) is 1.07. The SMILES string of the molecule is CC(C)c1ccc(C2CNCC2C#N)cc1. The Morgan fingerprint density at radius 3 is 2.50 bits per heavy atom. The minimum Gasteiger partial charge on any atom is -0.315 e. The molecule has 0 spiro atoms. The summed E-state index contributed by atoms with van der Waals surface area (Å²) in [6.07, 6.45) is 0. The number of nitriles is 1. The van der Waals surface area contributed by atoms with E-state index in [1.807, 2.05) is 0 Å². The highest BCUT2D eigenvalue weighted by Crippen LogP contribution is 2.28. The molecule has 1 aliphatic rings. The van der Waals surface area contributed by atoms with Crippen LogP contribution in [0.2, 0.25) is 0 Å². The van der Waals surface area contributed by atoms with Crippen molar-refractivity contribution in [1.29, 1.82) is 5.26 Å². The van der Waals surface area contributed by atoms with Crippen LogP contribution in [0.1, 0.15) is 36.8 Å². The second-order valence-electron chi connectivity index (χ2n) is 4.82. The summed E-state index contributed by atoms with van der Waals surface area (Å²) in [7, 11) is 0. The lowest BCUT2D eigenvalue weighted by atomic mass is 9.88. The summed E-state index contributed by atoms with van der Waals surface area (Å²) < 4.78 is 0. The first-order valence-corrected chi connectivity index (χ1v) is 5.92. The zero-order valence-electron chi connectivity index (χ0n) is 9.90.